The minimum Gasteiger partial charge on any atom is -0.489 e. The van der Waals surface area contributed by atoms with E-state index in [2.05, 4.69) is 30.8 Å². The van der Waals surface area contributed by atoms with E-state index >= 15 is 0 Å². The molecule has 1 fully saturated rings. The smallest absolute Gasteiger partial charge is 0.323 e. The van der Waals surface area contributed by atoms with Crippen LogP contribution in [0.3, 0.4) is 0 Å². The van der Waals surface area contributed by atoms with Crippen molar-refractivity contribution in [2.45, 2.75) is 31.5 Å². The summed E-state index contributed by atoms with van der Waals surface area (Å²) >= 11 is 0. The third-order valence-electron chi connectivity index (χ3n) is 5.59. The van der Waals surface area contributed by atoms with E-state index in [4.69, 9.17) is 15.2 Å². The molecule has 4 heterocycles. The third-order valence-corrected chi connectivity index (χ3v) is 5.59. The Labute approximate surface area is 189 Å². The maximum Gasteiger partial charge on any atom is 0.323 e. The monoisotopic (exact) mass is 448 g/mol. The van der Waals surface area contributed by atoms with E-state index < -0.39 is 0 Å². The van der Waals surface area contributed by atoms with Crippen LogP contribution < -0.4 is 15.8 Å². The molecule has 11 nitrogen and oxygen atoms in total. The van der Waals surface area contributed by atoms with Crippen molar-refractivity contribution in [3.63, 3.8) is 0 Å². The van der Waals surface area contributed by atoms with E-state index in [1.807, 2.05) is 47.4 Å². The van der Waals surface area contributed by atoms with Crippen molar-refractivity contribution in [3.05, 3.63) is 59.4 Å². The number of esters is 1. The van der Waals surface area contributed by atoms with Crippen molar-refractivity contribution in [2.75, 3.05) is 19.4 Å². The van der Waals surface area contributed by atoms with Gasteiger partial charge in [0.25, 0.3) is 0 Å². The average molecular weight is 448 g/mol. The maximum absolute atomic E-state index is 11.7. The van der Waals surface area contributed by atoms with Gasteiger partial charge in [-0.2, -0.15) is 15.4 Å². The summed E-state index contributed by atoms with van der Waals surface area (Å²) in [6, 6.07) is 9.39. The number of carbonyl (C=O) groups is 1. The lowest BCUT2D eigenvalue weighted by molar-refractivity contribution is -0.142. The molecule has 33 heavy (non-hydrogen) atoms. The number of nitrogens with two attached hydrogens (primary N) is 1. The first-order chi connectivity index (χ1) is 16.1. The fourth-order valence-electron chi connectivity index (χ4n) is 4.07. The number of nitrogens with one attached hydrogen (secondary N) is 2. The Bertz CT molecular complexity index is 1280. The van der Waals surface area contributed by atoms with Crippen molar-refractivity contribution >= 4 is 23.0 Å². The summed E-state index contributed by atoms with van der Waals surface area (Å²) in [5, 5.41) is 18.4. The van der Waals surface area contributed by atoms with Crippen LogP contribution >= 0.6 is 0 Å². The molecule has 0 amide bonds. The Hall–Kier alpha value is -3.99. The number of nitrogen functional groups attached to an aromatic ring is 1. The second-order valence-corrected chi connectivity index (χ2v) is 8.03. The van der Waals surface area contributed by atoms with Crippen LogP contribution in [0.4, 0.5) is 5.82 Å². The fraction of sp³-hybridized carbons (Fsp3) is 0.318. The molecule has 0 radical (unpaired) electrons. The summed E-state index contributed by atoms with van der Waals surface area (Å²) in [5.41, 5.74) is 10.1. The molecule has 4 N–H and O–H groups in total. The number of hydrogen-bond acceptors (Lipinski definition) is 9. The van der Waals surface area contributed by atoms with Crippen molar-refractivity contribution in [3.8, 4) is 5.75 Å². The highest BCUT2D eigenvalue weighted by Gasteiger charge is 2.31. The highest BCUT2D eigenvalue weighted by atomic mass is 16.5. The number of benzene rings is 1. The van der Waals surface area contributed by atoms with Gasteiger partial charge in [-0.1, -0.05) is 12.1 Å². The second kappa shape index (κ2) is 8.87. The Morgan fingerprint density at radius 3 is 3.06 bits per heavy atom. The molecule has 4 aromatic rings. The Morgan fingerprint density at radius 1 is 1.27 bits per heavy atom. The predicted molar refractivity (Wildman–Crippen MR) is 120 cm³/mol. The molecule has 11 heteroatoms. The molecule has 0 bridgehead atoms. The summed E-state index contributed by atoms with van der Waals surface area (Å²) < 4.78 is 12.7. The fourth-order valence-corrected chi connectivity index (χ4v) is 4.07. The van der Waals surface area contributed by atoms with Gasteiger partial charge in [0.15, 0.2) is 0 Å². The van der Waals surface area contributed by atoms with Gasteiger partial charge in [-0.3, -0.25) is 9.48 Å². The van der Waals surface area contributed by atoms with E-state index in [-0.39, 0.29) is 18.1 Å². The molecule has 3 aromatic heterocycles. The highest BCUT2D eigenvalue weighted by Crippen LogP contribution is 2.21. The van der Waals surface area contributed by atoms with Gasteiger partial charge in [-0.25, -0.2) is 4.98 Å². The second-order valence-electron chi connectivity index (χ2n) is 8.03. The number of nitrogens with zero attached hydrogens (tertiary/aromatic N) is 5. The first kappa shape index (κ1) is 20.9. The van der Waals surface area contributed by atoms with Gasteiger partial charge in [0.2, 0.25) is 5.65 Å². The number of anilines is 1. The van der Waals surface area contributed by atoms with Gasteiger partial charge in [0.1, 0.15) is 29.2 Å². The molecule has 1 aliphatic heterocycles. The number of aromatic amines is 1. The normalized spacial score (nSPS) is 18.0. The molecule has 0 aliphatic carbocycles. The summed E-state index contributed by atoms with van der Waals surface area (Å²) in [6.07, 6.45) is 4.95. The summed E-state index contributed by atoms with van der Waals surface area (Å²) in [4.78, 5) is 15.9. The zero-order valence-electron chi connectivity index (χ0n) is 18.1. The lowest BCUT2D eigenvalue weighted by Crippen LogP contribution is -2.31. The number of rotatable bonds is 7. The first-order valence-corrected chi connectivity index (χ1v) is 10.6. The van der Waals surface area contributed by atoms with Crippen LogP contribution in [0.5, 0.6) is 5.75 Å². The van der Waals surface area contributed by atoms with Gasteiger partial charge in [0, 0.05) is 25.6 Å². The molecular weight excluding hydrogens is 424 g/mol. The van der Waals surface area contributed by atoms with E-state index in [0.717, 1.165) is 22.4 Å². The van der Waals surface area contributed by atoms with Crippen LogP contribution in [0, 0.1) is 0 Å². The van der Waals surface area contributed by atoms with Crippen LogP contribution in [-0.4, -0.2) is 61.9 Å². The van der Waals surface area contributed by atoms with Crippen molar-refractivity contribution in [2.24, 2.45) is 0 Å². The Balaban J connectivity index is 1.24. The SMILES string of the molecule is COC(=O)[C@@H]1C[C@@H](Oc2cccc(Cn3cc(Cc4cc(N)nc5n[nH]nc45)cn3)c2)CN1. The number of pyridine rings is 1. The van der Waals surface area contributed by atoms with Crippen LogP contribution in [-0.2, 0) is 22.5 Å². The number of methoxy groups -OCH3 is 1. The lowest BCUT2D eigenvalue weighted by atomic mass is 10.1. The summed E-state index contributed by atoms with van der Waals surface area (Å²) in [6.45, 7) is 1.20. The van der Waals surface area contributed by atoms with E-state index in [0.29, 0.717) is 42.9 Å². The van der Waals surface area contributed by atoms with E-state index in [1.165, 1.54) is 7.11 Å². The molecule has 1 aliphatic rings. The Morgan fingerprint density at radius 2 is 2.18 bits per heavy atom. The number of hydrogen-bond donors (Lipinski definition) is 3. The molecule has 170 valence electrons. The lowest BCUT2D eigenvalue weighted by Gasteiger charge is -2.14. The van der Waals surface area contributed by atoms with Gasteiger partial charge < -0.3 is 20.5 Å². The number of carbonyl (C=O) groups excluding carboxylic acids is 1. The Kier molecular flexibility index (Phi) is 5.61. The van der Waals surface area contributed by atoms with Crippen molar-refractivity contribution < 1.29 is 14.3 Å². The zero-order valence-corrected chi connectivity index (χ0v) is 18.1. The topological polar surface area (TPSA) is 146 Å². The van der Waals surface area contributed by atoms with Gasteiger partial charge in [0.05, 0.1) is 19.9 Å². The number of H-pyrrole nitrogens is 1. The molecule has 5 rings (SSSR count). The number of aromatic nitrogens is 6. The summed E-state index contributed by atoms with van der Waals surface area (Å²) in [5.74, 6) is 0.909. The van der Waals surface area contributed by atoms with Crippen LogP contribution in [0.2, 0.25) is 0 Å². The minimum atomic E-state index is -0.320. The quantitative estimate of drug-likeness (QED) is 0.353. The molecule has 0 saturated carbocycles. The maximum atomic E-state index is 11.7. The van der Waals surface area contributed by atoms with Gasteiger partial charge >= 0.3 is 5.97 Å². The molecule has 2 atom stereocenters. The largest absolute Gasteiger partial charge is 0.489 e. The van der Waals surface area contributed by atoms with Crippen LogP contribution in [0.25, 0.3) is 11.2 Å². The van der Waals surface area contributed by atoms with E-state index in [9.17, 15) is 4.79 Å². The van der Waals surface area contributed by atoms with Crippen LogP contribution in [0.15, 0.2) is 42.7 Å². The first-order valence-electron chi connectivity index (χ1n) is 10.6. The zero-order chi connectivity index (χ0) is 22.8. The molecular formula is C22H24N8O3. The molecule has 1 saturated heterocycles. The van der Waals surface area contributed by atoms with Gasteiger partial charge in [-0.05, 0) is 34.9 Å². The summed E-state index contributed by atoms with van der Waals surface area (Å²) in [7, 11) is 1.39. The third kappa shape index (κ3) is 4.62. The molecule has 0 spiro atoms. The van der Waals surface area contributed by atoms with Crippen molar-refractivity contribution in [1.82, 2.24) is 35.5 Å². The standard InChI is InChI=1S/C22H24N8O3/c1-32-22(31)18-8-17(10-24-18)33-16-4-2-3-13(6-16)11-30-12-14(9-25-30)5-15-7-19(23)26-21-20(15)27-29-28-21/h2-4,6-7,9,12,17-18,24H,5,8,10-11H2,1H3,(H3,23,26,27,28,29)/t17-,18+/m1/s1. The predicted octanol–water partition coefficient (Wildman–Crippen LogP) is 1.05. The van der Waals surface area contributed by atoms with Crippen LogP contribution in [0.1, 0.15) is 23.1 Å². The van der Waals surface area contributed by atoms with Crippen molar-refractivity contribution in [1.29, 1.82) is 0 Å². The van der Waals surface area contributed by atoms with Gasteiger partial charge in [-0.15, -0.1) is 5.10 Å². The average Bonchev–Trinajstić information content (AvgIpc) is 3.55. The minimum absolute atomic E-state index is 0.0816. The van der Waals surface area contributed by atoms with E-state index in [1.54, 1.807) is 0 Å². The molecule has 1 aromatic carbocycles. The highest BCUT2D eigenvalue weighted by molar-refractivity contribution is 5.76. The number of fused-ring (bicyclic) bond motifs is 1. The number of ether oxygens (including phenoxy) is 2. The molecule has 0 unspecified atom stereocenters.